The molecule has 6 heteroatoms. The summed E-state index contributed by atoms with van der Waals surface area (Å²) in [6, 6.07) is 7.34. The molecule has 3 rings (SSSR count). The summed E-state index contributed by atoms with van der Waals surface area (Å²) in [4.78, 5) is 8.66. The molecular weight excluding hydrogens is 271 g/mol. The molecule has 1 aliphatic heterocycles. The van der Waals surface area contributed by atoms with E-state index in [-0.39, 0.29) is 0 Å². The van der Waals surface area contributed by atoms with Crippen molar-refractivity contribution in [2.75, 3.05) is 5.32 Å². The fraction of sp³-hybridized carbons (Fsp3) is 0.167. The van der Waals surface area contributed by atoms with Crippen molar-refractivity contribution in [2.24, 2.45) is 0 Å². The topological polar surface area (TPSA) is 49.8 Å². The van der Waals surface area contributed by atoms with Crippen LogP contribution >= 0.6 is 23.2 Å². The van der Waals surface area contributed by atoms with Gasteiger partial charge >= 0.3 is 0 Å². The molecule has 2 N–H and O–H groups in total. The lowest BCUT2D eigenvalue weighted by Gasteiger charge is -2.07. The van der Waals surface area contributed by atoms with E-state index in [1.807, 2.05) is 12.1 Å². The zero-order chi connectivity index (χ0) is 12.5. The van der Waals surface area contributed by atoms with E-state index >= 15 is 0 Å². The molecule has 0 bridgehead atoms. The lowest BCUT2D eigenvalue weighted by atomic mass is 10.3. The third-order valence-corrected chi connectivity index (χ3v) is 3.30. The molecule has 0 spiro atoms. The smallest absolute Gasteiger partial charge is 0.228 e. The van der Waals surface area contributed by atoms with Gasteiger partial charge in [0, 0.05) is 29.4 Å². The molecule has 0 atom stereocenters. The van der Waals surface area contributed by atoms with Gasteiger partial charge in [-0.05, 0) is 24.3 Å². The van der Waals surface area contributed by atoms with Gasteiger partial charge < -0.3 is 10.6 Å². The van der Waals surface area contributed by atoms with Crippen LogP contribution in [0.2, 0.25) is 10.2 Å². The van der Waals surface area contributed by atoms with Gasteiger partial charge in [0.1, 0.15) is 5.15 Å². The molecular formula is C12H10Cl2N4. The molecule has 0 saturated carbocycles. The van der Waals surface area contributed by atoms with Crippen LogP contribution in [0, 0.1) is 0 Å². The second kappa shape index (κ2) is 4.72. The second-order valence-electron chi connectivity index (χ2n) is 4.00. The molecule has 0 radical (unpaired) electrons. The maximum atomic E-state index is 6.11. The first kappa shape index (κ1) is 11.7. The Hall–Kier alpha value is -1.36. The van der Waals surface area contributed by atoms with Crippen LogP contribution in [-0.2, 0) is 13.1 Å². The van der Waals surface area contributed by atoms with Crippen LogP contribution in [0.1, 0.15) is 11.3 Å². The van der Waals surface area contributed by atoms with E-state index in [4.69, 9.17) is 23.2 Å². The van der Waals surface area contributed by atoms with Crippen LogP contribution in [0.25, 0.3) is 0 Å². The van der Waals surface area contributed by atoms with E-state index in [0.29, 0.717) is 16.1 Å². The zero-order valence-electron chi connectivity index (χ0n) is 9.37. The number of aromatic nitrogens is 2. The third kappa shape index (κ3) is 2.27. The number of nitrogens with one attached hydrogen (secondary N) is 2. The van der Waals surface area contributed by atoms with Gasteiger partial charge in [0.2, 0.25) is 5.95 Å². The lowest BCUT2D eigenvalue weighted by molar-refractivity contribution is 0.758. The van der Waals surface area contributed by atoms with Gasteiger partial charge in [0.15, 0.2) is 0 Å². The molecule has 1 aliphatic rings. The first-order valence-corrected chi connectivity index (χ1v) is 6.26. The number of halogens is 2. The van der Waals surface area contributed by atoms with Crippen molar-refractivity contribution >= 4 is 34.8 Å². The minimum absolute atomic E-state index is 0.501. The van der Waals surface area contributed by atoms with Crippen LogP contribution in [-0.4, -0.2) is 9.97 Å². The number of hydrogen-bond donors (Lipinski definition) is 2. The molecule has 0 amide bonds. The highest BCUT2D eigenvalue weighted by molar-refractivity contribution is 6.30. The predicted octanol–water partition coefficient (Wildman–Crippen LogP) is 3.13. The summed E-state index contributed by atoms with van der Waals surface area (Å²) >= 11 is 11.9. The minimum Gasteiger partial charge on any atom is -0.324 e. The van der Waals surface area contributed by atoms with Crippen LogP contribution < -0.4 is 10.6 Å². The number of hydrogen-bond acceptors (Lipinski definition) is 4. The second-order valence-corrected chi connectivity index (χ2v) is 4.79. The molecule has 4 nitrogen and oxygen atoms in total. The van der Waals surface area contributed by atoms with E-state index in [1.54, 1.807) is 12.1 Å². The van der Waals surface area contributed by atoms with Gasteiger partial charge in [-0.3, -0.25) is 0 Å². The van der Waals surface area contributed by atoms with Crippen molar-refractivity contribution in [1.29, 1.82) is 0 Å². The molecule has 0 saturated heterocycles. The van der Waals surface area contributed by atoms with Gasteiger partial charge in [-0.1, -0.05) is 23.2 Å². The Kier molecular flexibility index (Phi) is 3.07. The SMILES string of the molecule is Clc1ccc(Nc2nc(Cl)c3c(n2)CNC3)cc1. The number of anilines is 2. The molecule has 2 aromatic rings. The highest BCUT2D eigenvalue weighted by atomic mass is 35.5. The Morgan fingerprint density at radius 3 is 2.61 bits per heavy atom. The summed E-state index contributed by atoms with van der Waals surface area (Å²) in [5, 5.41) is 7.50. The standard InChI is InChI=1S/C12H10Cl2N4/c13-7-1-3-8(4-2-7)16-12-17-10-6-15-5-9(10)11(14)18-12/h1-4,15H,5-6H2,(H,16,17,18). The van der Waals surface area contributed by atoms with Gasteiger partial charge in [-0.2, -0.15) is 0 Å². The molecule has 18 heavy (non-hydrogen) atoms. The summed E-state index contributed by atoms with van der Waals surface area (Å²) in [6.07, 6.45) is 0. The Bertz CT molecular complexity index is 583. The van der Waals surface area contributed by atoms with Gasteiger partial charge in [0.05, 0.1) is 5.69 Å². The van der Waals surface area contributed by atoms with E-state index in [2.05, 4.69) is 20.6 Å². The molecule has 0 aliphatic carbocycles. The molecule has 1 aromatic carbocycles. The number of benzene rings is 1. The van der Waals surface area contributed by atoms with E-state index in [1.165, 1.54) is 0 Å². The lowest BCUT2D eigenvalue weighted by Crippen LogP contribution is -2.02. The van der Waals surface area contributed by atoms with Crippen molar-refractivity contribution in [2.45, 2.75) is 13.1 Å². The average Bonchev–Trinajstić information content (AvgIpc) is 2.81. The van der Waals surface area contributed by atoms with Gasteiger partial charge in [-0.25, -0.2) is 9.97 Å². The Morgan fingerprint density at radius 2 is 1.83 bits per heavy atom. The first-order valence-electron chi connectivity index (χ1n) is 5.51. The largest absolute Gasteiger partial charge is 0.324 e. The minimum atomic E-state index is 0.501. The highest BCUT2D eigenvalue weighted by Crippen LogP contribution is 2.24. The van der Waals surface area contributed by atoms with Gasteiger partial charge in [0.25, 0.3) is 0 Å². The molecule has 1 aromatic heterocycles. The highest BCUT2D eigenvalue weighted by Gasteiger charge is 2.17. The summed E-state index contributed by atoms with van der Waals surface area (Å²) in [6.45, 7) is 1.46. The normalized spacial score (nSPS) is 13.4. The van der Waals surface area contributed by atoms with E-state index < -0.39 is 0 Å². The molecule has 92 valence electrons. The fourth-order valence-corrected chi connectivity index (χ4v) is 2.23. The van der Waals surface area contributed by atoms with Crippen LogP contribution in [0.3, 0.4) is 0 Å². The molecule has 2 heterocycles. The van der Waals surface area contributed by atoms with E-state index in [9.17, 15) is 0 Å². The van der Waals surface area contributed by atoms with Crippen LogP contribution in [0.4, 0.5) is 11.6 Å². The zero-order valence-corrected chi connectivity index (χ0v) is 10.9. The van der Waals surface area contributed by atoms with Crippen molar-refractivity contribution in [3.63, 3.8) is 0 Å². The van der Waals surface area contributed by atoms with Crippen molar-refractivity contribution < 1.29 is 0 Å². The maximum absolute atomic E-state index is 6.11. The monoisotopic (exact) mass is 280 g/mol. The summed E-state index contributed by atoms with van der Waals surface area (Å²) in [7, 11) is 0. The Balaban J connectivity index is 1.89. The number of nitrogens with zero attached hydrogens (tertiary/aromatic N) is 2. The fourth-order valence-electron chi connectivity index (χ4n) is 1.85. The number of rotatable bonds is 2. The number of fused-ring (bicyclic) bond motifs is 1. The molecule has 0 fully saturated rings. The third-order valence-electron chi connectivity index (χ3n) is 2.74. The van der Waals surface area contributed by atoms with Crippen molar-refractivity contribution in [3.8, 4) is 0 Å². The Labute approximate surface area is 114 Å². The summed E-state index contributed by atoms with van der Waals surface area (Å²) in [5.74, 6) is 0.504. The quantitative estimate of drug-likeness (QED) is 0.830. The van der Waals surface area contributed by atoms with Crippen molar-refractivity contribution in [3.05, 3.63) is 45.7 Å². The van der Waals surface area contributed by atoms with Crippen molar-refractivity contribution in [1.82, 2.24) is 15.3 Å². The first-order chi connectivity index (χ1) is 8.72. The van der Waals surface area contributed by atoms with Crippen LogP contribution in [0.15, 0.2) is 24.3 Å². The molecule has 0 unspecified atom stereocenters. The van der Waals surface area contributed by atoms with Crippen LogP contribution in [0.5, 0.6) is 0 Å². The summed E-state index contributed by atoms with van der Waals surface area (Å²) in [5.41, 5.74) is 2.81. The van der Waals surface area contributed by atoms with E-state index in [0.717, 1.165) is 30.0 Å². The predicted molar refractivity (Wildman–Crippen MR) is 72.3 cm³/mol. The van der Waals surface area contributed by atoms with Gasteiger partial charge in [-0.15, -0.1) is 0 Å². The maximum Gasteiger partial charge on any atom is 0.228 e. The summed E-state index contributed by atoms with van der Waals surface area (Å²) < 4.78 is 0. The average molecular weight is 281 g/mol. The Morgan fingerprint density at radius 1 is 1.06 bits per heavy atom.